The van der Waals surface area contributed by atoms with Gasteiger partial charge in [-0.05, 0) is 51.1 Å². The second-order valence-corrected chi connectivity index (χ2v) is 8.60. The van der Waals surface area contributed by atoms with Crippen molar-refractivity contribution in [3.8, 4) is 0 Å². The van der Waals surface area contributed by atoms with Gasteiger partial charge in [0.2, 0.25) is 11.8 Å². The number of rotatable bonds is 6. The highest BCUT2D eigenvalue weighted by molar-refractivity contribution is 5.91. The quantitative estimate of drug-likeness (QED) is 0.456. The molecule has 2 amide bonds. The molecule has 2 saturated heterocycles. The maximum absolute atomic E-state index is 13.6. The van der Waals surface area contributed by atoms with Crippen molar-refractivity contribution in [2.45, 2.75) is 56.5 Å². The Kier molecular flexibility index (Phi) is 6.00. The third kappa shape index (κ3) is 3.93. The van der Waals surface area contributed by atoms with E-state index in [4.69, 9.17) is 0 Å². The first-order valence-electron chi connectivity index (χ1n) is 10.8. The maximum Gasteiger partial charge on any atom is 0.248 e. The number of carbonyl (C=O) groups excluding carboxylic acids is 2. The molecule has 3 heterocycles. The maximum atomic E-state index is 13.6. The largest absolute Gasteiger partial charge is 0.391 e. The fourth-order valence-electron chi connectivity index (χ4n) is 4.89. The van der Waals surface area contributed by atoms with Crippen LogP contribution in [0.5, 0.6) is 0 Å². The average molecular weight is 432 g/mol. The van der Waals surface area contributed by atoms with Crippen molar-refractivity contribution in [2.24, 2.45) is 0 Å². The molecule has 0 radical (unpaired) electrons. The standard InChI is InChI=1S/C22H30FN5O3/c1-11(24-3)21(30)27-19(12(2)29)22(31)28-7-6-17-20(28)16(10-25-17)15-9-26-18-8-13(23)4-5-14(15)18/h4-5,8-9,11-12,16-17,19-20,24-26,29H,6-7,10H2,1-3H3,(H,27,30). The molecule has 0 bridgehead atoms. The first kappa shape index (κ1) is 21.7. The van der Waals surface area contributed by atoms with Crippen molar-refractivity contribution < 1.29 is 19.1 Å². The highest BCUT2D eigenvalue weighted by Crippen LogP contribution is 2.39. The average Bonchev–Trinajstić information content (AvgIpc) is 3.44. The van der Waals surface area contributed by atoms with E-state index in [0.717, 1.165) is 22.9 Å². The van der Waals surface area contributed by atoms with Gasteiger partial charge in [-0.3, -0.25) is 9.59 Å². The Morgan fingerprint density at radius 1 is 1.32 bits per heavy atom. The summed E-state index contributed by atoms with van der Waals surface area (Å²) in [5, 5.41) is 20.3. The Morgan fingerprint density at radius 2 is 2.10 bits per heavy atom. The molecule has 4 rings (SSSR count). The molecule has 6 unspecified atom stereocenters. The monoisotopic (exact) mass is 431 g/mol. The lowest BCUT2D eigenvalue weighted by Crippen LogP contribution is -2.58. The summed E-state index contributed by atoms with van der Waals surface area (Å²) in [6.45, 7) is 4.46. The van der Waals surface area contributed by atoms with Crippen LogP contribution in [-0.4, -0.2) is 77.2 Å². The van der Waals surface area contributed by atoms with Gasteiger partial charge in [-0.1, -0.05) is 0 Å². The Hall–Kier alpha value is -2.49. The molecule has 6 atom stereocenters. The molecule has 2 aromatic rings. The summed E-state index contributed by atoms with van der Waals surface area (Å²) in [5.74, 6) is -0.888. The molecule has 5 N–H and O–H groups in total. The predicted molar refractivity (Wildman–Crippen MR) is 115 cm³/mol. The Balaban J connectivity index is 1.60. The van der Waals surface area contributed by atoms with Gasteiger partial charge >= 0.3 is 0 Å². The van der Waals surface area contributed by atoms with Crippen LogP contribution in [0.1, 0.15) is 31.7 Å². The molecule has 8 nitrogen and oxygen atoms in total. The molecular formula is C22H30FN5O3. The number of aliphatic hydroxyl groups excluding tert-OH is 1. The van der Waals surface area contributed by atoms with Gasteiger partial charge in [-0.15, -0.1) is 0 Å². The number of benzene rings is 1. The van der Waals surface area contributed by atoms with Gasteiger partial charge in [-0.2, -0.15) is 0 Å². The lowest BCUT2D eigenvalue weighted by Gasteiger charge is -2.33. The van der Waals surface area contributed by atoms with Crippen molar-refractivity contribution in [3.63, 3.8) is 0 Å². The van der Waals surface area contributed by atoms with Crippen LogP contribution < -0.4 is 16.0 Å². The van der Waals surface area contributed by atoms with Crippen LogP contribution in [-0.2, 0) is 9.59 Å². The SMILES string of the molecule is CNC(C)C(=O)NC(C(=O)N1CCC2NCC(c3c[nH]c4cc(F)ccc34)C21)C(C)O. The fourth-order valence-corrected chi connectivity index (χ4v) is 4.89. The van der Waals surface area contributed by atoms with Gasteiger partial charge in [0, 0.05) is 42.1 Å². The number of H-pyrrole nitrogens is 1. The molecule has 0 aliphatic carbocycles. The zero-order chi connectivity index (χ0) is 22.3. The van der Waals surface area contributed by atoms with E-state index in [1.165, 1.54) is 19.1 Å². The zero-order valence-electron chi connectivity index (χ0n) is 18.0. The normalized spacial score (nSPS) is 26.0. The van der Waals surface area contributed by atoms with Crippen LogP contribution in [0.15, 0.2) is 24.4 Å². The summed E-state index contributed by atoms with van der Waals surface area (Å²) in [7, 11) is 1.66. The number of nitrogens with zero attached hydrogens (tertiary/aromatic N) is 1. The zero-order valence-corrected chi connectivity index (χ0v) is 18.0. The molecule has 168 valence electrons. The predicted octanol–water partition coefficient (Wildman–Crippen LogP) is 0.437. The Bertz CT molecular complexity index is 977. The van der Waals surface area contributed by atoms with Gasteiger partial charge in [0.25, 0.3) is 0 Å². The summed E-state index contributed by atoms with van der Waals surface area (Å²) >= 11 is 0. The molecule has 9 heteroatoms. The van der Waals surface area contributed by atoms with Crippen LogP contribution in [0.25, 0.3) is 10.9 Å². The Labute approximate surface area is 180 Å². The molecule has 1 aromatic heterocycles. The van der Waals surface area contributed by atoms with Crippen molar-refractivity contribution in [2.75, 3.05) is 20.1 Å². The molecular weight excluding hydrogens is 401 g/mol. The van der Waals surface area contributed by atoms with Crippen LogP contribution in [0.2, 0.25) is 0 Å². The van der Waals surface area contributed by atoms with Gasteiger partial charge in [0.05, 0.1) is 18.2 Å². The number of likely N-dealkylation sites (N-methyl/N-ethyl adjacent to an activating group) is 1. The van der Waals surface area contributed by atoms with Crippen LogP contribution in [0.3, 0.4) is 0 Å². The molecule has 2 aliphatic heterocycles. The first-order chi connectivity index (χ1) is 14.8. The van der Waals surface area contributed by atoms with Crippen LogP contribution >= 0.6 is 0 Å². The number of aromatic amines is 1. The van der Waals surface area contributed by atoms with E-state index in [2.05, 4.69) is 20.9 Å². The Morgan fingerprint density at radius 3 is 2.81 bits per heavy atom. The third-order valence-electron chi connectivity index (χ3n) is 6.70. The number of fused-ring (bicyclic) bond motifs is 2. The minimum atomic E-state index is -1.02. The molecule has 1 aromatic carbocycles. The van der Waals surface area contributed by atoms with Gasteiger partial charge in [-0.25, -0.2) is 4.39 Å². The van der Waals surface area contributed by atoms with E-state index in [9.17, 15) is 19.1 Å². The minimum absolute atomic E-state index is 0.0252. The van der Waals surface area contributed by atoms with Gasteiger partial charge in [0.1, 0.15) is 11.9 Å². The summed E-state index contributed by atoms with van der Waals surface area (Å²) < 4.78 is 13.6. The number of nitrogens with one attached hydrogen (secondary N) is 4. The number of hydrogen-bond donors (Lipinski definition) is 5. The van der Waals surface area contributed by atoms with Crippen molar-refractivity contribution >= 4 is 22.7 Å². The third-order valence-corrected chi connectivity index (χ3v) is 6.70. The minimum Gasteiger partial charge on any atom is -0.391 e. The highest BCUT2D eigenvalue weighted by atomic mass is 19.1. The number of halogens is 1. The number of hydrogen-bond acceptors (Lipinski definition) is 5. The second-order valence-electron chi connectivity index (χ2n) is 8.60. The summed E-state index contributed by atoms with van der Waals surface area (Å²) in [5.41, 5.74) is 1.76. The van der Waals surface area contributed by atoms with E-state index in [1.54, 1.807) is 24.9 Å². The molecule has 0 saturated carbocycles. The molecule has 2 fully saturated rings. The van der Waals surface area contributed by atoms with E-state index in [-0.39, 0.29) is 35.6 Å². The summed E-state index contributed by atoms with van der Waals surface area (Å²) in [6.07, 6.45) is 1.67. The second kappa shape index (κ2) is 8.57. The van der Waals surface area contributed by atoms with Crippen molar-refractivity contribution in [3.05, 3.63) is 35.8 Å². The molecule has 2 aliphatic rings. The summed E-state index contributed by atoms with van der Waals surface area (Å²) in [4.78, 5) is 30.7. The topological polar surface area (TPSA) is 109 Å². The number of aliphatic hydroxyl groups is 1. The smallest absolute Gasteiger partial charge is 0.248 e. The molecule has 31 heavy (non-hydrogen) atoms. The molecule has 0 spiro atoms. The van der Waals surface area contributed by atoms with Gasteiger partial charge in [0.15, 0.2) is 0 Å². The lowest BCUT2D eigenvalue weighted by atomic mass is 9.91. The van der Waals surface area contributed by atoms with Crippen molar-refractivity contribution in [1.82, 2.24) is 25.8 Å². The number of likely N-dealkylation sites (tertiary alicyclic amines) is 1. The lowest BCUT2D eigenvalue weighted by molar-refractivity contribution is -0.140. The fraction of sp³-hybridized carbons (Fsp3) is 0.545. The van der Waals surface area contributed by atoms with Crippen LogP contribution in [0, 0.1) is 5.82 Å². The van der Waals surface area contributed by atoms with E-state index >= 15 is 0 Å². The number of carbonyl (C=O) groups is 2. The summed E-state index contributed by atoms with van der Waals surface area (Å²) in [6, 6.07) is 3.23. The first-order valence-corrected chi connectivity index (χ1v) is 10.8. The van der Waals surface area contributed by atoms with Crippen molar-refractivity contribution in [1.29, 1.82) is 0 Å². The van der Waals surface area contributed by atoms with Crippen LogP contribution in [0.4, 0.5) is 4.39 Å². The van der Waals surface area contributed by atoms with Gasteiger partial charge < -0.3 is 30.9 Å². The number of amides is 2. The van der Waals surface area contributed by atoms with E-state index in [1.807, 2.05) is 6.20 Å². The highest BCUT2D eigenvalue weighted by Gasteiger charge is 2.48. The number of aromatic nitrogens is 1. The van der Waals surface area contributed by atoms with E-state index in [0.29, 0.717) is 13.1 Å². The van der Waals surface area contributed by atoms with E-state index < -0.39 is 18.2 Å².